The third-order valence-corrected chi connectivity index (χ3v) is 5.03. The maximum atomic E-state index is 12.1. The summed E-state index contributed by atoms with van der Waals surface area (Å²) in [5, 5.41) is 17.0. The van der Waals surface area contributed by atoms with Crippen LogP contribution in [0.15, 0.2) is 47.9 Å². The number of rotatable bonds is 4. The first-order valence-electron chi connectivity index (χ1n) is 7.67. The second kappa shape index (κ2) is 6.98. The number of urea groups is 1. The summed E-state index contributed by atoms with van der Waals surface area (Å²) >= 11 is 1.70. The molecular weight excluding hydrogens is 308 g/mol. The van der Waals surface area contributed by atoms with Crippen LogP contribution in [0.5, 0.6) is 0 Å². The molecule has 5 heteroatoms. The molecule has 2 amide bonds. The molecule has 0 fully saturated rings. The Hall–Kier alpha value is -2.11. The number of nitrogens with one attached hydrogen (secondary N) is 2. The number of benzene rings is 1. The summed E-state index contributed by atoms with van der Waals surface area (Å²) in [6.45, 7) is 2.21. The van der Waals surface area contributed by atoms with E-state index in [4.69, 9.17) is 5.11 Å². The highest BCUT2D eigenvalue weighted by Crippen LogP contribution is 2.30. The lowest BCUT2D eigenvalue weighted by Gasteiger charge is -2.14. The van der Waals surface area contributed by atoms with Crippen molar-refractivity contribution in [3.63, 3.8) is 0 Å². The summed E-state index contributed by atoms with van der Waals surface area (Å²) in [5.41, 5.74) is 3.12. The van der Waals surface area contributed by atoms with Crippen LogP contribution in [0, 0.1) is 12.8 Å². The molecule has 1 aromatic heterocycles. The Morgan fingerprint density at radius 3 is 2.91 bits per heavy atom. The monoisotopic (exact) mass is 328 g/mol. The van der Waals surface area contributed by atoms with Crippen LogP contribution in [0.1, 0.15) is 12.0 Å². The number of hydrogen-bond donors (Lipinski definition) is 3. The van der Waals surface area contributed by atoms with Gasteiger partial charge < -0.3 is 15.7 Å². The van der Waals surface area contributed by atoms with Crippen LogP contribution in [0.2, 0.25) is 0 Å². The van der Waals surface area contributed by atoms with Crippen molar-refractivity contribution in [3.05, 3.63) is 53.4 Å². The van der Waals surface area contributed by atoms with Crippen LogP contribution in [-0.2, 0) is 0 Å². The highest BCUT2D eigenvalue weighted by Gasteiger charge is 2.19. The van der Waals surface area contributed by atoms with E-state index in [1.807, 2.05) is 36.4 Å². The number of aliphatic hydroxyl groups excluding tert-OH is 1. The summed E-state index contributed by atoms with van der Waals surface area (Å²) in [6.07, 6.45) is 4.63. The van der Waals surface area contributed by atoms with Gasteiger partial charge in [-0.15, -0.1) is 11.3 Å². The van der Waals surface area contributed by atoms with Crippen molar-refractivity contribution in [1.29, 1.82) is 0 Å². The normalized spacial score (nSPS) is 19.7. The number of thiophene rings is 1. The van der Waals surface area contributed by atoms with E-state index in [0.29, 0.717) is 0 Å². The fourth-order valence-electron chi connectivity index (χ4n) is 2.76. The Morgan fingerprint density at radius 1 is 1.35 bits per heavy atom. The summed E-state index contributed by atoms with van der Waals surface area (Å²) in [5.74, 6) is 0.144. The quantitative estimate of drug-likeness (QED) is 0.748. The Labute approximate surface area is 139 Å². The van der Waals surface area contributed by atoms with Crippen molar-refractivity contribution in [1.82, 2.24) is 5.32 Å². The molecule has 0 bridgehead atoms. The fourth-order valence-corrected chi connectivity index (χ4v) is 3.68. The minimum Gasteiger partial charge on any atom is -0.396 e. The maximum absolute atomic E-state index is 12.1. The lowest BCUT2D eigenvalue weighted by molar-refractivity contribution is 0.238. The standard InChI is InChI=1S/C18H20N2O2S/c1-12-7-8-23-17(12)14-3-2-4-15(10-14)19-18(22)20-16-6-5-13(9-16)11-21/h2-8,10,13,16,21H,9,11H2,1H3,(H2,19,20,22)/t13-,16+/m0/s1. The largest absolute Gasteiger partial charge is 0.396 e. The molecule has 23 heavy (non-hydrogen) atoms. The van der Waals surface area contributed by atoms with Gasteiger partial charge >= 0.3 is 6.03 Å². The highest BCUT2D eigenvalue weighted by molar-refractivity contribution is 7.13. The molecule has 0 saturated heterocycles. The van der Waals surface area contributed by atoms with Crippen molar-refractivity contribution in [2.45, 2.75) is 19.4 Å². The summed E-state index contributed by atoms with van der Waals surface area (Å²) in [7, 11) is 0. The van der Waals surface area contributed by atoms with E-state index in [1.54, 1.807) is 11.3 Å². The fraction of sp³-hybridized carbons (Fsp3) is 0.278. The molecule has 2 atom stereocenters. The summed E-state index contributed by atoms with van der Waals surface area (Å²) in [4.78, 5) is 13.3. The van der Waals surface area contributed by atoms with E-state index in [0.717, 1.165) is 17.7 Å². The predicted molar refractivity (Wildman–Crippen MR) is 94.8 cm³/mol. The van der Waals surface area contributed by atoms with Gasteiger partial charge in [-0.05, 0) is 48.1 Å². The summed E-state index contributed by atoms with van der Waals surface area (Å²) < 4.78 is 0. The van der Waals surface area contributed by atoms with Crippen molar-refractivity contribution < 1.29 is 9.90 Å². The average Bonchev–Trinajstić information content (AvgIpc) is 3.16. The van der Waals surface area contributed by atoms with Gasteiger partial charge in [-0.1, -0.05) is 24.3 Å². The second-order valence-corrected chi connectivity index (χ2v) is 6.70. The topological polar surface area (TPSA) is 61.4 Å². The number of aryl methyl sites for hydroxylation is 1. The van der Waals surface area contributed by atoms with Gasteiger partial charge in [0, 0.05) is 29.1 Å². The molecule has 1 aliphatic carbocycles. The van der Waals surface area contributed by atoms with Gasteiger partial charge in [0.1, 0.15) is 0 Å². The van der Waals surface area contributed by atoms with Gasteiger partial charge in [0.15, 0.2) is 0 Å². The molecule has 4 nitrogen and oxygen atoms in total. The first-order valence-corrected chi connectivity index (χ1v) is 8.55. The lowest BCUT2D eigenvalue weighted by atomic mass is 10.1. The van der Waals surface area contributed by atoms with E-state index >= 15 is 0 Å². The van der Waals surface area contributed by atoms with Crippen LogP contribution in [0.25, 0.3) is 10.4 Å². The third-order valence-electron chi connectivity index (χ3n) is 3.97. The molecule has 3 rings (SSSR count). The number of carbonyl (C=O) groups is 1. The molecular formula is C18H20N2O2S. The SMILES string of the molecule is Cc1ccsc1-c1cccc(NC(=O)N[C@@H]2C=C[C@H](CO)C2)c1. The molecule has 1 heterocycles. The smallest absolute Gasteiger partial charge is 0.319 e. The van der Waals surface area contributed by atoms with Crippen molar-refractivity contribution in [3.8, 4) is 10.4 Å². The highest BCUT2D eigenvalue weighted by atomic mass is 32.1. The average molecular weight is 328 g/mol. The zero-order valence-corrected chi connectivity index (χ0v) is 13.8. The molecule has 120 valence electrons. The molecule has 0 spiro atoms. The Kier molecular flexibility index (Phi) is 4.79. The summed E-state index contributed by atoms with van der Waals surface area (Å²) in [6, 6.07) is 9.71. The van der Waals surface area contributed by atoms with Gasteiger partial charge in [0.05, 0.1) is 0 Å². The Morgan fingerprint density at radius 2 is 2.22 bits per heavy atom. The van der Waals surface area contributed by atoms with E-state index in [2.05, 4.69) is 29.0 Å². The van der Waals surface area contributed by atoms with Crippen LogP contribution in [0.4, 0.5) is 10.5 Å². The number of anilines is 1. The zero-order valence-electron chi connectivity index (χ0n) is 13.0. The van der Waals surface area contributed by atoms with Gasteiger partial charge in [0.2, 0.25) is 0 Å². The third kappa shape index (κ3) is 3.81. The van der Waals surface area contributed by atoms with Gasteiger partial charge in [0.25, 0.3) is 0 Å². The number of amides is 2. The molecule has 0 aliphatic heterocycles. The van der Waals surface area contributed by atoms with E-state index < -0.39 is 0 Å². The maximum Gasteiger partial charge on any atom is 0.319 e. The molecule has 0 unspecified atom stereocenters. The van der Waals surface area contributed by atoms with Crippen molar-refractivity contribution >= 4 is 23.1 Å². The minimum atomic E-state index is -0.224. The first-order chi connectivity index (χ1) is 11.2. The molecule has 1 aromatic carbocycles. The van der Waals surface area contributed by atoms with E-state index in [-0.39, 0.29) is 24.6 Å². The predicted octanol–water partition coefficient (Wildman–Crippen LogP) is 3.78. The van der Waals surface area contributed by atoms with Crippen LogP contribution in [0.3, 0.4) is 0 Å². The second-order valence-electron chi connectivity index (χ2n) is 5.78. The van der Waals surface area contributed by atoms with Crippen LogP contribution >= 0.6 is 11.3 Å². The van der Waals surface area contributed by atoms with E-state index in [1.165, 1.54) is 10.4 Å². The molecule has 2 aromatic rings. The van der Waals surface area contributed by atoms with Crippen LogP contribution in [-0.4, -0.2) is 23.8 Å². The number of hydrogen-bond acceptors (Lipinski definition) is 3. The Balaban J connectivity index is 1.63. The van der Waals surface area contributed by atoms with Gasteiger partial charge in [-0.2, -0.15) is 0 Å². The van der Waals surface area contributed by atoms with Crippen LogP contribution < -0.4 is 10.6 Å². The lowest BCUT2D eigenvalue weighted by Crippen LogP contribution is -2.36. The Bertz CT molecular complexity index is 723. The van der Waals surface area contributed by atoms with Gasteiger partial charge in [-0.3, -0.25) is 0 Å². The molecule has 3 N–H and O–H groups in total. The molecule has 0 radical (unpaired) electrons. The molecule has 1 aliphatic rings. The van der Waals surface area contributed by atoms with Crippen molar-refractivity contribution in [2.24, 2.45) is 5.92 Å². The van der Waals surface area contributed by atoms with Crippen molar-refractivity contribution in [2.75, 3.05) is 11.9 Å². The zero-order chi connectivity index (χ0) is 16.2. The minimum absolute atomic E-state index is 0.0186. The molecule has 0 saturated carbocycles. The number of aliphatic hydroxyl groups is 1. The first kappa shape index (κ1) is 15.8. The van der Waals surface area contributed by atoms with Gasteiger partial charge in [-0.25, -0.2) is 4.79 Å². The number of carbonyl (C=O) groups excluding carboxylic acids is 1. The van der Waals surface area contributed by atoms with E-state index in [9.17, 15) is 4.79 Å².